The summed E-state index contributed by atoms with van der Waals surface area (Å²) in [5.74, 6) is 0. The summed E-state index contributed by atoms with van der Waals surface area (Å²) < 4.78 is 5.28. The smallest absolute Gasteiger partial charge is 0.0518 e. The molecule has 0 aromatic rings. The highest BCUT2D eigenvalue weighted by Gasteiger charge is 1.89. The molecule has 50 valence electrons. The topological polar surface area (TPSA) is 9.23 Å². The lowest BCUT2D eigenvalue weighted by Gasteiger charge is -2.04. The Hall–Kier alpha value is -0.0400. The largest absolute Gasteiger partial charge is 0.379 e. The quantitative estimate of drug-likeness (QED) is 0.512. The summed E-state index contributed by atoms with van der Waals surface area (Å²) in [5, 5.41) is 0. The fourth-order valence-corrected chi connectivity index (χ4v) is 0.463. The van der Waals surface area contributed by atoms with E-state index in [4.69, 9.17) is 4.74 Å². The summed E-state index contributed by atoms with van der Waals surface area (Å²) in [7, 11) is 0. The molecule has 8 heavy (non-hydrogen) atoms. The lowest BCUT2D eigenvalue weighted by Crippen LogP contribution is -2.02. The van der Waals surface area contributed by atoms with Crippen molar-refractivity contribution in [3.63, 3.8) is 0 Å². The second kappa shape index (κ2) is 5.10. The summed E-state index contributed by atoms with van der Waals surface area (Å²) in [6.45, 7) is 7.23. The SMILES string of the molecule is CCCCOC(C)C. The molecule has 0 aliphatic rings. The van der Waals surface area contributed by atoms with Gasteiger partial charge in [0.15, 0.2) is 0 Å². The molecule has 0 radical (unpaired) electrons. The average Bonchev–Trinajstić information content (AvgIpc) is 1.66. The standard InChI is InChI=1S/C7H16O/c1-4-5-6-8-7(2)3/h7H,4-6H2,1-3H3. The van der Waals surface area contributed by atoms with Crippen molar-refractivity contribution in [2.75, 3.05) is 6.61 Å². The Balaban J connectivity index is 2.72. The fourth-order valence-electron chi connectivity index (χ4n) is 0.463. The number of hydrogen-bond acceptors (Lipinski definition) is 1. The molecular weight excluding hydrogens is 100 g/mol. The van der Waals surface area contributed by atoms with E-state index in [0.29, 0.717) is 6.10 Å². The molecule has 0 amide bonds. The molecule has 0 aromatic heterocycles. The number of ether oxygens (including phenoxy) is 1. The van der Waals surface area contributed by atoms with Crippen LogP contribution in [0.15, 0.2) is 0 Å². The third-order valence-corrected chi connectivity index (χ3v) is 0.949. The Morgan fingerprint density at radius 3 is 2.38 bits per heavy atom. The molecule has 0 aliphatic carbocycles. The van der Waals surface area contributed by atoms with Crippen molar-refractivity contribution in [1.82, 2.24) is 0 Å². The maximum atomic E-state index is 5.28. The lowest BCUT2D eigenvalue weighted by atomic mass is 10.3. The average molecular weight is 116 g/mol. The minimum Gasteiger partial charge on any atom is -0.379 e. The zero-order valence-electron chi connectivity index (χ0n) is 6.11. The second-order valence-electron chi connectivity index (χ2n) is 2.27. The van der Waals surface area contributed by atoms with Gasteiger partial charge in [0.25, 0.3) is 0 Å². The zero-order valence-corrected chi connectivity index (χ0v) is 6.11. The first-order valence-corrected chi connectivity index (χ1v) is 3.39. The first-order chi connectivity index (χ1) is 3.77. The molecule has 0 rings (SSSR count). The van der Waals surface area contributed by atoms with E-state index in [1.165, 1.54) is 12.8 Å². The van der Waals surface area contributed by atoms with Crippen molar-refractivity contribution < 1.29 is 4.74 Å². The van der Waals surface area contributed by atoms with E-state index in [9.17, 15) is 0 Å². The highest BCUT2D eigenvalue weighted by molar-refractivity contribution is 4.36. The van der Waals surface area contributed by atoms with Gasteiger partial charge in [-0.2, -0.15) is 0 Å². The van der Waals surface area contributed by atoms with Gasteiger partial charge >= 0.3 is 0 Å². The third kappa shape index (κ3) is 5.96. The van der Waals surface area contributed by atoms with Crippen LogP contribution in [0.5, 0.6) is 0 Å². The van der Waals surface area contributed by atoms with Gasteiger partial charge in [0.05, 0.1) is 6.10 Å². The number of hydrogen-bond donors (Lipinski definition) is 0. The molecule has 0 aromatic carbocycles. The summed E-state index contributed by atoms with van der Waals surface area (Å²) in [5.41, 5.74) is 0. The minimum absolute atomic E-state index is 0.404. The van der Waals surface area contributed by atoms with Crippen LogP contribution in [0.3, 0.4) is 0 Å². The van der Waals surface area contributed by atoms with Crippen molar-refractivity contribution in [1.29, 1.82) is 0 Å². The van der Waals surface area contributed by atoms with Crippen LogP contribution in [-0.2, 0) is 4.74 Å². The normalized spacial score (nSPS) is 10.5. The van der Waals surface area contributed by atoms with Gasteiger partial charge in [0.1, 0.15) is 0 Å². The van der Waals surface area contributed by atoms with Crippen LogP contribution in [0.1, 0.15) is 33.6 Å². The van der Waals surface area contributed by atoms with Gasteiger partial charge < -0.3 is 4.74 Å². The van der Waals surface area contributed by atoms with Crippen molar-refractivity contribution in [2.45, 2.75) is 39.7 Å². The highest BCUT2D eigenvalue weighted by atomic mass is 16.5. The molecule has 0 atom stereocenters. The van der Waals surface area contributed by atoms with Crippen LogP contribution < -0.4 is 0 Å². The molecule has 0 saturated heterocycles. The second-order valence-corrected chi connectivity index (χ2v) is 2.27. The van der Waals surface area contributed by atoms with Crippen LogP contribution >= 0.6 is 0 Å². The summed E-state index contributed by atoms with van der Waals surface area (Å²) in [6.07, 6.45) is 2.83. The van der Waals surface area contributed by atoms with Gasteiger partial charge in [-0.1, -0.05) is 13.3 Å². The molecule has 0 bridgehead atoms. The molecule has 1 heteroatoms. The zero-order chi connectivity index (χ0) is 6.41. The molecular formula is C7H16O. The van der Waals surface area contributed by atoms with E-state index in [2.05, 4.69) is 20.8 Å². The van der Waals surface area contributed by atoms with E-state index in [-0.39, 0.29) is 0 Å². The third-order valence-electron chi connectivity index (χ3n) is 0.949. The van der Waals surface area contributed by atoms with Gasteiger partial charge in [-0.05, 0) is 20.3 Å². The van der Waals surface area contributed by atoms with Crippen molar-refractivity contribution in [3.8, 4) is 0 Å². The maximum Gasteiger partial charge on any atom is 0.0518 e. The van der Waals surface area contributed by atoms with Gasteiger partial charge in [-0.25, -0.2) is 0 Å². The van der Waals surface area contributed by atoms with Crippen molar-refractivity contribution >= 4 is 0 Å². The van der Waals surface area contributed by atoms with Crippen LogP contribution in [-0.4, -0.2) is 12.7 Å². The predicted molar refractivity (Wildman–Crippen MR) is 36.0 cm³/mol. The van der Waals surface area contributed by atoms with E-state index in [1.807, 2.05) is 0 Å². The lowest BCUT2D eigenvalue weighted by molar-refractivity contribution is 0.0767. The van der Waals surface area contributed by atoms with Crippen LogP contribution in [0.4, 0.5) is 0 Å². The van der Waals surface area contributed by atoms with E-state index in [1.54, 1.807) is 0 Å². The fraction of sp³-hybridized carbons (Fsp3) is 1.00. The monoisotopic (exact) mass is 116 g/mol. The summed E-state index contributed by atoms with van der Waals surface area (Å²) in [4.78, 5) is 0. The molecule has 0 unspecified atom stereocenters. The van der Waals surface area contributed by atoms with Gasteiger partial charge in [0.2, 0.25) is 0 Å². The van der Waals surface area contributed by atoms with Gasteiger partial charge in [-0.3, -0.25) is 0 Å². The Morgan fingerprint density at radius 2 is 2.00 bits per heavy atom. The van der Waals surface area contributed by atoms with Gasteiger partial charge in [0, 0.05) is 6.61 Å². The van der Waals surface area contributed by atoms with Gasteiger partial charge in [-0.15, -0.1) is 0 Å². The molecule has 0 N–H and O–H groups in total. The highest BCUT2D eigenvalue weighted by Crippen LogP contribution is 1.91. The van der Waals surface area contributed by atoms with Crippen LogP contribution in [0, 0.1) is 0 Å². The maximum absolute atomic E-state index is 5.28. The van der Waals surface area contributed by atoms with Crippen molar-refractivity contribution in [2.24, 2.45) is 0 Å². The Bertz CT molecular complexity index is 41.7. The van der Waals surface area contributed by atoms with E-state index in [0.717, 1.165) is 6.61 Å². The first-order valence-electron chi connectivity index (χ1n) is 3.39. The van der Waals surface area contributed by atoms with Crippen molar-refractivity contribution in [3.05, 3.63) is 0 Å². The molecule has 0 heterocycles. The number of unbranched alkanes of at least 4 members (excludes halogenated alkanes) is 1. The Kier molecular flexibility index (Phi) is 5.08. The molecule has 0 aliphatic heterocycles. The Morgan fingerprint density at radius 1 is 1.38 bits per heavy atom. The summed E-state index contributed by atoms with van der Waals surface area (Å²) in [6, 6.07) is 0. The number of rotatable bonds is 4. The summed E-state index contributed by atoms with van der Waals surface area (Å²) >= 11 is 0. The molecule has 1 nitrogen and oxygen atoms in total. The van der Waals surface area contributed by atoms with Crippen LogP contribution in [0.2, 0.25) is 0 Å². The predicted octanol–water partition coefficient (Wildman–Crippen LogP) is 2.21. The first kappa shape index (κ1) is 7.96. The minimum atomic E-state index is 0.404. The van der Waals surface area contributed by atoms with E-state index >= 15 is 0 Å². The van der Waals surface area contributed by atoms with E-state index < -0.39 is 0 Å². The molecule has 0 fully saturated rings. The Labute approximate surface area is 52.0 Å². The molecule has 0 spiro atoms. The molecule has 0 saturated carbocycles. The van der Waals surface area contributed by atoms with Crippen LogP contribution in [0.25, 0.3) is 0 Å².